The van der Waals surface area contributed by atoms with Crippen LogP contribution in [-0.4, -0.2) is 53.2 Å². The highest BCUT2D eigenvalue weighted by molar-refractivity contribution is 14.0. The summed E-state index contributed by atoms with van der Waals surface area (Å²) < 4.78 is 33.4. The fourth-order valence-electron chi connectivity index (χ4n) is 2.24. The van der Waals surface area contributed by atoms with Crippen LogP contribution in [0.3, 0.4) is 0 Å². The van der Waals surface area contributed by atoms with Crippen LogP contribution in [-0.2, 0) is 16.4 Å². The molecule has 156 valence electrons. The van der Waals surface area contributed by atoms with Gasteiger partial charge in [0.1, 0.15) is 9.84 Å². The Kier molecular flexibility index (Phi) is 12.1. The lowest BCUT2D eigenvalue weighted by molar-refractivity contribution is 0.311. The zero-order chi connectivity index (χ0) is 19.7. The van der Waals surface area contributed by atoms with Crippen LogP contribution in [0.1, 0.15) is 25.8 Å². The fourth-order valence-corrected chi connectivity index (χ4v) is 3.31. The van der Waals surface area contributed by atoms with Gasteiger partial charge < -0.3 is 20.1 Å². The van der Waals surface area contributed by atoms with Crippen molar-refractivity contribution in [3.63, 3.8) is 0 Å². The molecule has 1 rings (SSSR count). The summed E-state index contributed by atoms with van der Waals surface area (Å²) in [5.41, 5.74) is 0.905. The summed E-state index contributed by atoms with van der Waals surface area (Å²) in [7, 11) is 0.243. The topological polar surface area (TPSA) is 89.0 Å². The molecule has 0 aliphatic heterocycles. The van der Waals surface area contributed by atoms with Gasteiger partial charge in [-0.2, -0.15) is 0 Å². The summed E-state index contributed by atoms with van der Waals surface area (Å²) in [6.07, 6.45) is 1.73. The molecule has 1 unspecified atom stereocenters. The molecule has 1 atom stereocenters. The van der Waals surface area contributed by atoms with Crippen molar-refractivity contribution >= 4 is 51.4 Å². The number of nitrogens with zero attached hydrogens (tertiary/aromatic N) is 1. The number of halogens is 2. The van der Waals surface area contributed by atoms with E-state index >= 15 is 0 Å². The van der Waals surface area contributed by atoms with Gasteiger partial charge in [0.25, 0.3) is 0 Å². The van der Waals surface area contributed by atoms with Gasteiger partial charge in [0.2, 0.25) is 0 Å². The van der Waals surface area contributed by atoms with Gasteiger partial charge in [0, 0.05) is 25.9 Å². The van der Waals surface area contributed by atoms with Crippen molar-refractivity contribution < 1.29 is 17.9 Å². The number of hydrogen-bond acceptors (Lipinski definition) is 5. The largest absolute Gasteiger partial charge is 0.493 e. The zero-order valence-electron chi connectivity index (χ0n) is 16.3. The third kappa shape index (κ3) is 9.70. The van der Waals surface area contributed by atoms with Gasteiger partial charge in [-0.1, -0.05) is 11.6 Å². The summed E-state index contributed by atoms with van der Waals surface area (Å²) in [5, 5.41) is 6.83. The highest BCUT2D eigenvalue weighted by Gasteiger charge is 2.13. The van der Waals surface area contributed by atoms with Crippen LogP contribution in [0.15, 0.2) is 17.1 Å². The van der Waals surface area contributed by atoms with Crippen molar-refractivity contribution in [1.82, 2.24) is 10.6 Å². The molecule has 0 saturated heterocycles. The minimum atomic E-state index is -2.98. The maximum absolute atomic E-state index is 11.3. The average Bonchev–Trinajstić information content (AvgIpc) is 2.58. The Labute approximate surface area is 184 Å². The Morgan fingerprint density at radius 2 is 2.04 bits per heavy atom. The minimum Gasteiger partial charge on any atom is -0.493 e. The third-order valence-corrected chi connectivity index (χ3v) is 4.82. The van der Waals surface area contributed by atoms with Crippen LogP contribution >= 0.6 is 35.6 Å². The van der Waals surface area contributed by atoms with E-state index in [9.17, 15) is 8.42 Å². The van der Waals surface area contributed by atoms with Crippen LogP contribution < -0.4 is 20.1 Å². The van der Waals surface area contributed by atoms with Crippen LogP contribution in [0.25, 0.3) is 0 Å². The SMILES string of the molecule is CCOc1c(Cl)cc(CNC(=NC)NC(C)CCS(C)(=O)=O)cc1OC.I. The summed E-state index contributed by atoms with van der Waals surface area (Å²) in [5.74, 6) is 1.80. The molecule has 0 heterocycles. The average molecular weight is 534 g/mol. The Bertz CT molecular complexity index is 729. The fraction of sp³-hybridized carbons (Fsp3) is 0.588. The van der Waals surface area contributed by atoms with Gasteiger partial charge in [0.05, 0.1) is 24.5 Å². The Hall–Kier alpha value is -0.940. The molecule has 0 aromatic heterocycles. The summed E-state index contributed by atoms with van der Waals surface area (Å²) >= 11 is 6.27. The molecule has 0 bridgehead atoms. The molecule has 27 heavy (non-hydrogen) atoms. The minimum absolute atomic E-state index is 0. The van der Waals surface area contributed by atoms with Crippen LogP contribution in [0, 0.1) is 0 Å². The van der Waals surface area contributed by atoms with Gasteiger partial charge in [-0.15, -0.1) is 24.0 Å². The van der Waals surface area contributed by atoms with Gasteiger partial charge in [-0.3, -0.25) is 4.99 Å². The molecule has 10 heteroatoms. The third-order valence-electron chi connectivity index (χ3n) is 3.57. The first-order valence-electron chi connectivity index (χ1n) is 8.34. The van der Waals surface area contributed by atoms with Crippen molar-refractivity contribution in [2.24, 2.45) is 4.99 Å². The van der Waals surface area contributed by atoms with Crippen molar-refractivity contribution in [2.75, 3.05) is 32.8 Å². The molecular formula is C17H29ClIN3O4S. The highest BCUT2D eigenvalue weighted by Crippen LogP contribution is 2.36. The quantitative estimate of drug-likeness (QED) is 0.288. The van der Waals surface area contributed by atoms with E-state index in [4.69, 9.17) is 21.1 Å². The molecule has 0 aliphatic rings. The second-order valence-electron chi connectivity index (χ2n) is 5.93. The molecule has 0 aliphatic carbocycles. The second-order valence-corrected chi connectivity index (χ2v) is 8.60. The standard InChI is InChI=1S/C17H28ClN3O4S.HI/c1-6-25-16-14(18)9-13(10-15(16)24-4)11-20-17(19-3)21-12(2)7-8-26(5,22)23;/h9-10,12H,6-8,11H2,1-5H3,(H2,19,20,21);1H. The van der Waals surface area contributed by atoms with E-state index in [0.29, 0.717) is 42.1 Å². The predicted octanol–water partition coefficient (Wildman–Crippen LogP) is 2.85. The summed E-state index contributed by atoms with van der Waals surface area (Å²) in [6, 6.07) is 3.63. The number of aliphatic imine (C=N–C) groups is 1. The van der Waals surface area contributed by atoms with Crippen molar-refractivity contribution in [2.45, 2.75) is 32.9 Å². The summed E-state index contributed by atoms with van der Waals surface area (Å²) in [4.78, 5) is 4.16. The second kappa shape index (κ2) is 12.5. The Morgan fingerprint density at radius 3 is 2.56 bits per heavy atom. The zero-order valence-corrected chi connectivity index (χ0v) is 20.2. The van der Waals surface area contributed by atoms with Crippen LogP contribution in [0.5, 0.6) is 11.5 Å². The number of methoxy groups -OCH3 is 1. The molecule has 7 nitrogen and oxygen atoms in total. The Balaban J connectivity index is 0.00000676. The number of nitrogens with one attached hydrogen (secondary N) is 2. The first-order valence-corrected chi connectivity index (χ1v) is 10.8. The lowest BCUT2D eigenvalue weighted by Gasteiger charge is -2.18. The maximum Gasteiger partial charge on any atom is 0.191 e. The number of guanidine groups is 1. The molecule has 0 amide bonds. The number of ether oxygens (including phenoxy) is 2. The first-order chi connectivity index (χ1) is 12.2. The number of hydrogen-bond donors (Lipinski definition) is 2. The van der Waals surface area contributed by atoms with Crippen LogP contribution in [0.2, 0.25) is 5.02 Å². The number of sulfone groups is 1. The lowest BCUT2D eigenvalue weighted by atomic mass is 10.2. The molecule has 0 fully saturated rings. The first kappa shape index (κ1) is 26.1. The highest BCUT2D eigenvalue weighted by atomic mass is 127. The van der Waals surface area contributed by atoms with Crippen molar-refractivity contribution in [3.05, 3.63) is 22.7 Å². The van der Waals surface area contributed by atoms with E-state index in [2.05, 4.69) is 15.6 Å². The predicted molar refractivity (Wildman–Crippen MR) is 122 cm³/mol. The van der Waals surface area contributed by atoms with Gasteiger partial charge in [-0.25, -0.2) is 8.42 Å². The van der Waals surface area contributed by atoms with E-state index in [1.165, 1.54) is 6.26 Å². The smallest absolute Gasteiger partial charge is 0.191 e. The van der Waals surface area contributed by atoms with E-state index in [0.717, 1.165) is 5.56 Å². The normalized spacial score (nSPS) is 12.7. The van der Waals surface area contributed by atoms with E-state index in [1.54, 1.807) is 14.2 Å². The number of benzene rings is 1. The van der Waals surface area contributed by atoms with Gasteiger partial charge in [-0.05, 0) is 38.0 Å². The van der Waals surface area contributed by atoms with Crippen LogP contribution in [0.4, 0.5) is 0 Å². The van der Waals surface area contributed by atoms with Gasteiger partial charge >= 0.3 is 0 Å². The maximum atomic E-state index is 11.3. The van der Waals surface area contributed by atoms with E-state index < -0.39 is 9.84 Å². The summed E-state index contributed by atoms with van der Waals surface area (Å²) in [6.45, 7) is 4.76. The van der Waals surface area contributed by atoms with Crippen molar-refractivity contribution in [3.8, 4) is 11.5 Å². The molecular weight excluding hydrogens is 505 g/mol. The molecule has 0 spiro atoms. The van der Waals surface area contributed by atoms with E-state index in [-0.39, 0.29) is 35.8 Å². The van der Waals surface area contributed by atoms with Crippen molar-refractivity contribution in [1.29, 1.82) is 0 Å². The molecule has 1 aromatic carbocycles. The number of rotatable bonds is 9. The lowest BCUT2D eigenvalue weighted by Crippen LogP contribution is -2.42. The van der Waals surface area contributed by atoms with Gasteiger partial charge in [0.15, 0.2) is 17.5 Å². The Morgan fingerprint density at radius 1 is 1.37 bits per heavy atom. The molecule has 2 N–H and O–H groups in total. The molecule has 1 aromatic rings. The van der Waals surface area contributed by atoms with E-state index in [1.807, 2.05) is 26.0 Å². The monoisotopic (exact) mass is 533 g/mol. The molecule has 0 saturated carbocycles. The molecule has 0 radical (unpaired) electrons.